The number of hydrogen-bond acceptors (Lipinski definition) is 5. The Morgan fingerprint density at radius 1 is 1.24 bits per heavy atom. The number of anilines is 1. The van der Waals surface area contributed by atoms with Gasteiger partial charge in [0.25, 0.3) is 0 Å². The molecule has 21 heavy (non-hydrogen) atoms. The third kappa shape index (κ3) is 2.58. The second kappa shape index (κ2) is 5.51. The molecule has 0 aliphatic heterocycles. The van der Waals surface area contributed by atoms with Crippen molar-refractivity contribution >= 4 is 28.3 Å². The van der Waals surface area contributed by atoms with Gasteiger partial charge in [0.15, 0.2) is 0 Å². The molecule has 0 aliphatic rings. The molecule has 0 amide bonds. The number of aromatic nitrogens is 3. The third-order valence-electron chi connectivity index (χ3n) is 3.13. The molecule has 0 fully saturated rings. The normalized spacial score (nSPS) is 10.8. The Hall–Kier alpha value is -2.44. The first-order valence-electron chi connectivity index (χ1n) is 6.26. The van der Waals surface area contributed by atoms with Crippen LogP contribution in [0.25, 0.3) is 10.9 Å². The number of fused-ring (bicyclic) bond motifs is 1. The zero-order chi connectivity index (χ0) is 14.8. The number of nitrogens with one attached hydrogen (secondary N) is 1. The monoisotopic (exact) mass is 301 g/mol. The van der Waals surface area contributed by atoms with Crippen molar-refractivity contribution in [1.82, 2.24) is 14.8 Å². The molecule has 2 aromatic heterocycles. The molecular formula is C14H12ClN5O. The molecule has 3 rings (SSSR count). The minimum absolute atomic E-state index is 0.113. The number of nitrogens with zero attached hydrogens (tertiary/aromatic N) is 3. The van der Waals surface area contributed by atoms with Gasteiger partial charge in [-0.3, -0.25) is 9.48 Å². The van der Waals surface area contributed by atoms with Gasteiger partial charge in [-0.2, -0.15) is 5.10 Å². The van der Waals surface area contributed by atoms with E-state index in [1.165, 1.54) is 6.20 Å². The molecule has 0 saturated heterocycles. The Bertz CT molecular complexity index is 861. The zero-order valence-electron chi connectivity index (χ0n) is 11.0. The Labute approximate surface area is 125 Å². The highest BCUT2D eigenvalue weighted by Gasteiger charge is 2.08. The van der Waals surface area contributed by atoms with Crippen LogP contribution in [0.15, 0.2) is 47.4 Å². The Balaban J connectivity index is 2.11. The molecule has 7 heteroatoms. The summed E-state index contributed by atoms with van der Waals surface area (Å²) in [7, 11) is 0. The molecule has 106 valence electrons. The predicted molar refractivity (Wildman–Crippen MR) is 82.2 cm³/mol. The summed E-state index contributed by atoms with van der Waals surface area (Å²) in [5, 5.41) is 5.27. The van der Waals surface area contributed by atoms with E-state index in [4.69, 9.17) is 17.4 Å². The standard InChI is InChI=1S/C14H12ClN5O/c15-10-5-6-14(19-16)18-11(10)8-20-12-4-2-1-3-9(12)13(21)7-17-20/h1-7H,8,16H2,(H,18,19). The van der Waals surface area contributed by atoms with E-state index < -0.39 is 0 Å². The molecule has 0 saturated carbocycles. The maximum Gasteiger partial charge on any atom is 0.207 e. The first kappa shape index (κ1) is 13.5. The molecule has 0 radical (unpaired) electrons. The fraction of sp³-hybridized carbons (Fsp3) is 0.0714. The molecule has 0 spiro atoms. The number of para-hydroxylation sites is 1. The van der Waals surface area contributed by atoms with Crippen molar-refractivity contribution in [3.05, 3.63) is 63.5 Å². The van der Waals surface area contributed by atoms with Crippen molar-refractivity contribution in [3.8, 4) is 0 Å². The highest BCUT2D eigenvalue weighted by atomic mass is 35.5. The second-order valence-electron chi connectivity index (χ2n) is 4.45. The smallest absolute Gasteiger partial charge is 0.207 e. The molecule has 0 aliphatic carbocycles. The van der Waals surface area contributed by atoms with Gasteiger partial charge in [0.05, 0.1) is 29.0 Å². The van der Waals surface area contributed by atoms with Crippen LogP contribution in [-0.2, 0) is 6.54 Å². The summed E-state index contributed by atoms with van der Waals surface area (Å²) >= 11 is 6.15. The second-order valence-corrected chi connectivity index (χ2v) is 4.86. The van der Waals surface area contributed by atoms with E-state index in [0.717, 1.165) is 5.52 Å². The van der Waals surface area contributed by atoms with E-state index in [0.29, 0.717) is 28.5 Å². The van der Waals surface area contributed by atoms with Gasteiger partial charge in [-0.05, 0) is 24.3 Å². The van der Waals surface area contributed by atoms with Gasteiger partial charge in [0.1, 0.15) is 5.82 Å². The van der Waals surface area contributed by atoms with E-state index in [2.05, 4.69) is 15.5 Å². The molecule has 3 N–H and O–H groups in total. The van der Waals surface area contributed by atoms with Crippen LogP contribution in [0.5, 0.6) is 0 Å². The van der Waals surface area contributed by atoms with Crippen molar-refractivity contribution in [2.24, 2.45) is 5.84 Å². The molecule has 1 aromatic carbocycles. The summed E-state index contributed by atoms with van der Waals surface area (Å²) in [5.74, 6) is 5.87. The van der Waals surface area contributed by atoms with Crippen LogP contribution in [0.4, 0.5) is 5.82 Å². The fourth-order valence-corrected chi connectivity index (χ4v) is 2.27. The van der Waals surface area contributed by atoms with E-state index in [1.54, 1.807) is 22.9 Å². The van der Waals surface area contributed by atoms with Gasteiger partial charge < -0.3 is 5.43 Å². The Kier molecular flexibility index (Phi) is 3.55. The first-order valence-corrected chi connectivity index (χ1v) is 6.64. The van der Waals surface area contributed by atoms with E-state index in [-0.39, 0.29) is 5.43 Å². The average molecular weight is 302 g/mol. The zero-order valence-corrected chi connectivity index (χ0v) is 11.7. The van der Waals surface area contributed by atoms with E-state index in [9.17, 15) is 4.79 Å². The summed E-state index contributed by atoms with van der Waals surface area (Å²) < 4.78 is 1.69. The van der Waals surface area contributed by atoms with Crippen LogP contribution in [0.3, 0.4) is 0 Å². The SMILES string of the molecule is NNc1ccc(Cl)c(Cn2ncc(=O)c3ccccc32)n1. The molecule has 3 aromatic rings. The van der Waals surface area contributed by atoms with Crippen molar-refractivity contribution < 1.29 is 0 Å². The summed E-state index contributed by atoms with van der Waals surface area (Å²) in [6.07, 6.45) is 1.29. The number of halogens is 1. The average Bonchev–Trinajstić information content (AvgIpc) is 2.52. The fourth-order valence-electron chi connectivity index (χ4n) is 2.10. The number of nitrogens with two attached hydrogens (primary N) is 1. The minimum atomic E-state index is -0.113. The van der Waals surface area contributed by atoms with Gasteiger partial charge in [-0.25, -0.2) is 10.8 Å². The molecule has 6 nitrogen and oxygen atoms in total. The number of nitrogen functional groups attached to an aromatic ring is 1. The van der Waals surface area contributed by atoms with Crippen molar-refractivity contribution in [2.75, 3.05) is 5.43 Å². The largest absolute Gasteiger partial charge is 0.308 e. The predicted octanol–water partition coefficient (Wildman–Crippen LogP) is 1.78. The number of rotatable bonds is 3. The topological polar surface area (TPSA) is 85.8 Å². The number of pyridine rings is 1. The molecule has 2 heterocycles. The van der Waals surface area contributed by atoms with Crippen LogP contribution in [0.2, 0.25) is 5.02 Å². The first-order chi connectivity index (χ1) is 10.2. The van der Waals surface area contributed by atoms with Crippen LogP contribution < -0.4 is 16.7 Å². The van der Waals surface area contributed by atoms with Gasteiger partial charge in [0, 0.05) is 5.39 Å². The van der Waals surface area contributed by atoms with Crippen molar-refractivity contribution in [3.63, 3.8) is 0 Å². The van der Waals surface area contributed by atoms with Crippen LogP contribution in [0, 0.1) is 0 Å². The lowest BCUT2D eigenvalue weighted by atomic mass is 10.2. The molecule has 0 unspecified atom stereocenters. The minimum Gasteiger partial charge on any atom is -0.308 e. The summed E-state index contributed by atoms with van der Waals surface area (Å²) in [4.78, 5) is 16.1. The summed E-state index contributed by atoms with van der Waals surface area (Å²) in [6, 6.07) is 10.7. The lowest BCUT2D eigenvalue weighted by Crippen LogP contribution is -2.15. The Morgan fingerprint density at radius 2 is 2.05 bits per heavy atom. The Morgan fingerprint density at radius 3 is 2.86 bits per heavy atom. The molecular weight excluding hydrogens is 290 g/mol. The van der Waals surface area contributed by atoms with Crippen molar-refractivity contribution in [1.29, 1.82) is 0 Å². The van der Waals surface area contributed by atoms with Crippen LogP contribution >= 0.6 is 11.6 Å². The van der Waals surface area contributed by atoms with E-state index in [1.807, 2.05) is 18.2 Å². The highest BCUT2D eigenvalue weighted by molar-refractivity contribution is 6.31. The van der Waals surface area contributed by atoms with Crippen molar-refractivity contribution in [2.45, 2.75) is 6.54 Å². The maximum atomic E-state index is 11.8. The van der Waals surface area contributed by atoms with Crippen LogP contribution in [-0.4, -0.2) is 14.8 Å². The van der Waals surface area contributed by atoms with E-state index >= 15 is 0 Å². The quantitative estimate of drug-likeness (QED) is 0.569. The molecule has 0 atom stereocenters. The van der Waals surface area contributed by atoms with Gasteiger partial charge in [-0.1, -0.05) is 23.7 Å². The van der Waals surface area contributed by atoms with Crippen LogP contribution in [0.1, 0.15) is 5.69 Å². The number of benzene rings is 1. The molecule has 0 bridgehead atoms. The summed E-state index contributed by atoms with van der Waals surface area (Å²) in [5.41, 5.74) is 3.71. The number of hydrazine groups is 1. The highest BCUT2D eigenvalue weighted by Crippen LogP contribution is 2.18. The lowest BCUT2D eigenvalue weighted by Gasteiger charge is -2.10. The lowest BCUT2D eigenvalue weighted by molar-refractivity contribution is 0.681. The van der Waals surface area contributed by atoms with Gasteiger partial charge >= 0.3 is 0 Å². The summed E-state index contributed by atoms with van der Waals surface area (Å²) in [6.45, 7) is 0.342. The number of hydrogen-bond donors (Lipinski definition) is 2. The van der Waals surface area contributed by atoms with Gasteiger partial charge in [-0.15, -0.1) is 0 Å². The van der Waals surface area contributed by atoms with Gasteiger partial charge in [0.2, 0.25) is 5.43 Å². The third-order valence-corrected chi connectivity index (χ3v) is 3.47. The maximum absolute atomic E-state index is 11.8.